The highest BCUT2D eigenvalue weighted by atomic mass is 16.5. The lowest BCUT2D eigenvalue weighted by Gasteiger charge is -1.99. The van der Waals surface area contributed by atoms with Crippen molar-refractivity contribution in [1.29, 1.82) is 0 Å². The molecule has 0 bridgehead atoms. The number of benzene rings is 1. The van der Waals surface area contributed by atoms with E-state index >= 15 is 0 Å². The van der Waals surface area contributed by atoms with Gasteiger partial charge in [0.25, 0.3) is 0 Å². The van der Waals surface area contributed by atoms with Crippen LogP contribution in [0.2, 0.25) is 0 Å². The smallest absolute Gasteiger partial charge is 0.330 e. The van der Waals surface area contributed by atoms with E-state index in [0.717, 1.165) is 5.56 Å². The number of rotatable bonds is 3. The molecule has 88 valence electrons. The molecule has 4 heteroatoms. The minimum Gasteiger partial charge on any atom is -0.475 e. The quantitative estimate of drug-likeness (QED) is 0.586. The van der Waals surface area contributed by atoms with E-state index in [1.54, 1.807) is 6.08 Å². The number of ether oxygens (including phenoxy) is 2. The van der Waals surface area contributed by atoms with Crippen LogP contribution in [0.25, 0.3) is 0 Å². The molecule has 2 rings (SSSR count). The van der Waals surface area contributed by atoms with Crippen LogP contribution in [0.15, 0.2) is 47.5 Å². The Hall–Kier alpha value is -2.10. The lowest BCUT2D eigenvalue weighted by molar-refractivity contribution is -0.134. The molecule has 1 aliphatic rings. The zero-order valence-corrected chi connectivity index (χ0v) is 9.50. The number of carbonyl (C=O) groups is 1. The first kappa shape index (κ1) is 11.4. The van der Waals surface area contributed by atoms with Crippen molar-refractivity contribution in [3.8, 4) is 0 Å². The van der Waals surface area contributed by atoms with Gasteiger partial charge in [0, 0.05) is 11.6 Å². The molecular weight excluding hydrogens is 218 g/mol. The van der Waals surface area contributed by atoms with Gasteiger partial charge in [-0.2, -0.15) is 0 Å². The maximum atomic E-state index is 10.9. The largest absolute Gasteiger partial charge is 0.475 e. The molecule has 1 atom stereocenters. The molecule has 0 fully saturated rings. The van der Waals surface area contributed by atoms with Gasteiger partial charge < -0.3 is 9.47 Å². The average Bonchev–Trinajstić information content (AvgIpc) is 2.86. The van der Waals surface area contributed by atoms with Crippen molar-refractivity contribution in [1.82, 2.24) is 0 Å². The monoisotopic (exact) mass is 231 g/mol. The van der Waals surface area contributed by atoms with Gasteiger partial charge in [0.05, 0.1) is 7.11 Å². The fourth-order valence-electron chi connectivity index (χ4n) is 1.48. The topological polar surface area (TPSA) is 47.9 Å². The van der Waals surface area contributed by atoms with Gasteiger partial charge in [-0.3, -0.25) is 0 Å². The summed E-state index contributed by atoms with van der Waals surface area (Å²) < 4.78 is 9.97. The van der Waals surface area contributed by atoms with Gasteiger partial charge in [-0.1, -0.05) is 18.2 Å². The highest BCUT2D eigenvalue weighted by molar-refractivity contribution is 5.95. The van der Waals surface area contributed by atoms with E-state index in [1.165, 1.54) is 13.2 Å². The second-order valence-corrected chi connectivity index (χ2v) is 3.56. The molecule has 0 saturated carbocycles. The molecule has 0 aliphatic carbocycles. The number of nitrogens with zero attached hydrogens (tertiary/aromatic N) is 1. The molecule has 0 aromatic heterocycles. The molecule has 0 amide bonds. The van der Waals surface area contributed by atoms with Gasteiger partial charge in [-0.05, 0) is 18.2 Å². The van der Waals surface area contributed by atoms with Gasteiger partial charge in [0.1, 0.15) is 12.6 Å². The van der Waals surface area contributed by atoms with Crippen LogP contribution in [0, 0.1) is 0 Å². The van der Waals surface area contributed by atoms with Crippen LogP contribution in [0.5, 0.6) is 0 Å². The van der Waals surface area contributed by atoms with Crippen molar-refractivity contribution in [3.05, 3.63) is 48.0 Å². The first-order chi connectivity index (χ1) is 8.29. The molecule has 1 aromatic rings. The molecule has 1 heterocycles. The molecular formula is C13H13NO3. The zero-order chi connectivity index (χ0) is 12.1. The maximum Gasteiger partial charge on any atom is 0.330 e. The Balaban J connectivity index is 2.04. The van der Waals surface area contributed by atoms with Gasteiger partial charge >= 0.3 is 5.97 Å². The third kappa shape index (κ3) is 2.93. The number of methoxy groups -OCH3 is 1. The van der Waals surface area contributed by atoms with Crippen molar-refractivity contribution in [2.45, 2.75) is 6.04 Å². The van der Waals surface area contributed by atoms with Gasteiger partial charge in [-0.15, -0.1) is 0 Å². The minimum atomic E-state index is -0.381. The lowest BCUT2D eigenvalue weighted by atomic mass is 10.2. The molecule has 4 nitrogen and oxygen atoms in total. The van der Waals surface area contributed by atoms with Crippen molar-refractivity contribution in [2.24, 2.45) is 4.99 Å². The predicted octanol–water partition coefficient (Wildman–Crippen LogP) is 1.56. The van der Waals surface area contributed by atoms with Crippen LogP contribution in [0.3, 0.4) is 0 Å². The molecule has 0 spiro atoms. The number of hydrogen-bond donors (Lipinski definition) is 0. The molecule has 0 radical (unpaired) electrons. The second-order valence-electron chi connectivity index (χ2n) is 3.56. The summed E-state index contributed by atoms with van der Waals surface area (Å²) in [5.74, 6) is 0.235. The summed E-state index contributed by atoms with van der Waals surface area (Å²) in [4.78, 5) is 15.3. The Morgan fingerprint density at radius 1 is 1.47 bits per heavy atom. The first-order valence-electron chi connectivity index (χ1n) is 5.32. The molecule has 1 aliphatic heterocycles. The zero-order valence-electron chi connectivity index (χ0n) is 9.50. The van der Waals surface area contributed by atoms with Gasteiger partial charge in [-0.25, -0.2) is 9.79 Å². The van der Waals surface area contributed by atoms with Crippen LogP contribution in [-0.2, 0) is 14.3 Å². The number of carbonyl (C=O) groups excluding carboxylic acids is 1. The fourth-order valence-corrected chi connectivity index (χ4v) is 1.48. The van der Waals surface area contributed by atoms with Gasteiger partial charge in [0.2, 0.25) is 5.90 Å². The fraction of sp³-hybridized carbons (Fsp3) is 0.231. The first-order valence-corrected chi connectivity index (χ1v) is 5.32. The van der Waals surface area contributed by atoms with Gasteiger partial charge in [0.15, 0.2) is 0 Å². The van der Waals surface area contributed by atoms with Crippen molar-refractivity contribution >= 4 is 11.9 Å². The normalized spacial score (nSPS) is 18.9. The van der Waals surface area contributed by atoms with E-state index in [9.17, 15) is 4.79 Å². The SMILES string of the molecule is COC(=O)C=CC1COC(c2ccccc2)=N1. The van der Waals surface area contributed by atoms with Crippen LogP contribution in [-0.4, -0.2) is 31.6 Å². The van der Waals surface area contributed by atoms with Crippen molar-refractivity contribution < 1.29 is 14.3 Å². The van der Waals surface area contributed by atoms with Crippen molar-refractivity contribution in [2.75, 3.05) is 13.7 Å². The Bertz CT molecular complexity index is 451. The van der Waals surface area contributed by atoms with E-state index in [4.69, 9.17) is 4.74 Å². The molecule has 1 aromatic carbocycles. The summed E-state index contributed by atoms with van der Waals surface area (Å²) in [5, 5.41) is 0. The Labute approximate surface area is 99.6 Å². The third-order valence-electron chi connectivity index (χ3n) is 2.35. The number of aliphatic imine (C=N–C) groups is 1. The molecule has 0 N–H and O–H groups in total. The van der Waals surface area contributed by atoms with Crippen molar-refractivity contribution in [3.63, 3.8) is 0 Å². The van der Waals surface area contributed by atoms with Crippen LogP contribution in [0.4, 0.5) is 0 Å². The highest BCUT2D eigenvalue weighted by Crippen LogP contribution is 2.12. The Kier molecular flexibility index (Phi) is 3.55. The summed E-state index contributed by atoms with van der Waals surface area (Å²) in [7, 11) is 1.34. The van der Waals surface area contributed by atoms with E-state index in [1.807, 2.05) is 30.3 Å². The minimum absolute atomic E-state index is 0.121. The number of esters is 1. The Morgan fingerprint density at radius 3 is 2.94 bits per heavy atom. The van der Waals surface area contributed by atoms with E-state index < -0.39 is 0 Å². The van der Waals surface area contributed by atoms with E-state index in [-0.39, 0.29) is 12.0 Å². The summed E-state index contributed by atoms with van der Waals surface area (Å²) in [6.45, 7) is 0.456. The van der Waals surface area contributed by atoms with E-state index in [0.29, 0.717) is 12.5 Å². The summed E-state index contributed by atoms with van der Waals surface area (Å²) in [6.07, 6.45) is 3.05. The summed E-state index contributed by atoms with van der Waals surface area (Å²) >= 11 is 0. The summed E-state index contributed by atoms with van der Waals surface area (Å²) in [5.41, 5.74) is 0.946. The Morgan fingerprint density at radius 2 is 2.24 bits per heavy atom. The van der Waals surface area contributed by atoms with Crippen LogP contribution in [0.1, 0.15) is 5.56 Å². The standard InChI is InChI=1S/C13H13NO3/c1-16-12(15)8-7-11-9-17-13(14-11)10-5-3-2-4-6-10/h2-8,11H,9H2,1H3. The predicted molar refractivity (Wildman–Crippen MR) is 63.9 cm³/mol. The molecule has 17 heavy (non-hydrogen) atoms. The summed E-state index contributed by atoms with van der Waals surface area (Å²) in [6, 6.07) is 9.55. The maximum absolute atomic E-state index is 10.9. The molecule has 0 saturated heterocycles. The lowest BCUT2D eigenvalue weighted by Crippen LogP contribution is -2.04. The van der Waals surface area contributed by atoms with E-state index in [2.05, 4.69) is 9.73 Å². The average molecular weight is 231 g/mol. The molecule has 1 unspecified atom stereocenters. The van der Waals surface area contributed by atoms with Crippen LogP contribution >= 0.6 is 0 Å². The number of hydrogen-bond acceptors (Lipinski definition) is 4. The second kappa shape index (κ2) is 5.30. The van der Waals surface area contributed by atoms with Crippen LogP contribution < -0.4 is 0 Å². The highest BCUT2D eigenvalue weighted by Gasteiger charge is 2.17. The third-order valence-corrected chi connectivity index (χ3v) is 2.35.